The first kappa shape index (κ1) is 21.0. The number of hydrogen-bond acceptors (Lipinski definition) is 6. The third kappa shape index (κ3) is 4.58. The van der Waals surface area contributed by atoms with Crippen LogP contribution in [0.2, 0.25) is 0 Å². The molecule has 6 nitrogen and oxygen atoms in total. The smallest absolute Gasteiger partial charge is 0.277 e. The summed E-state index contributed by atoms with van der Waals surface area (Å²) in [5, 5.41) is 8.50. The lowest BCUT2D eigenvalue weighted by atomic mass is 10.2. The maximum Gasteiger partial charge on any atom is 0.277 e. The molecule has 1 saturated heterocycles. The van der Waals surface area contributed by atoms with E-state index in [1.165, 1.54) is 28.2 Å². The van der Waals surface area contributed by atoms with E-state index in [-0.39, 0.29) is 21.9 Å². The van der Waals surface area contributed by atoms with E-state index in [4.69, 9.17) is 4.42 Å². The molecule has 1 aromatic heterocycles. The molecule has 0 spiro atoms. The van der Waals surface area contributed by atoms with Gasteiger partial charge < -0.3 is 4.42 Å². The summed E-state index contributed by atoms with van der Waals surface area (Å²) in [4.78, 5) is 0.231. The quantitative estimate of drug-likeness (QED) is 0.500. The van der Waals surface area contributed by atoms with E-state index >= 15 is 0 Å². The number of piperidine rings is 1. The number of thioether (sulfide) groups is 1. The number of aromatic nitrogens is 2. The van der Waals surface area contributed by atoms with Gasteiger partial charge in [-0.3, -0.25) is 0 Å². The van der Waals surface area contributed by atoms with Crippen LogP contribution in [0.4, 0.5) is 4.39 Å². The van der Waals surface area contributed by atoms with Gasteiger partial charge in [0, 0.05) is 23.9 Å². The summed E-state index contributed by atoms with van der Waals surface area (Å²) >= 11 is 1.36. The molecule has 1 aliphatic rings. The summed E-state index contributed by atoms with van der Waals surface area (Å²) < 4.78 is 46.3. The number of halogens is 1. The van der Waals surface area contributed by atoms with Crippen LogP contribution in [-0.4, -0.2) is 36.0 Å². The molecular formula is C21H22FN3O3S2. The van der Waals surface area contributed by atoms with Crippen molar-refractivity contribution < 1.29 is 17.2 Å². The summed E-state index contributed by atoms with van der Waals surface area (Å²) in [6, 6.07) is 12.9. The highest BCUT2D eigenvalue weighted by Gasteiger charge is 2.26. The van der Waals surface area contributed by atoms with Crippen LogP contribution in [0.3, 0.4) is 0 Å². The largest absolute Gasteiger partial charge is 0.411 e. The molecular weight excluding hydrogens is 425 g/mol. The van der Waals surface area contributed by atoms with Gasteiger partial charge in [-0.25, -0.2) is 12.8 Å². The van der Waals surface area contributed by atoms with E-state index in [0.29, 0.717) is 23.9 Å². The van der Waals surface area contributed by atoms with Crippen LogP contribution in [0.5, 0.6) is 0 Å². The predicted molar refractivity (Wildman–Crippen MR) is 113 cm³/mol. The molecule has 0 bridgehead atoms. The molecule has 1 atom stereocenters. The normalized spacial score (nSPS) is 16.5. The van der Waals surface area contributed by atoms with E-state index in [0.717, 1.165) is 24.8 Å². The molecule has 3 aromatic rings. The molecule has 0 aliphatic carbocycles. The van der Waals surface area contributed by atoms with Gasteiger partial charge in [0.15, 0.2) is 0 Å². The van der Waals surface area contributed by atoms with Gasteiger partial charge in [0.25, 0.3) is 5.22 Å². The summed E-state index contributed by atoms with van der Waals surface area (Å²) in [6.07, 6.45) is 2.83. The Morgan fingerprint density at radius 3 is 2.53 bits per heavy atom. The van der Waals surface area contributed by atoms with Crippen LogP contribution in [0, 0.1) is 5.82 Å². The van der Waals surface area contributed by atoms with E-state index in [1.54, 1.807) is 36.4 Å². The minimum absolute atomic E-state index is 0.00952. The zero-order valence-corrected chi connectivity index (χ0v) is 18.1. The topological polar surface area (TPSA) is 76.3 Å². The summed E-state index contributed by atoms with van der Waals surface area (Å²) in [7, 11) is -3.54. The maximum atomic E-state index is 13.1. The van der Waals surface area contributed by atoms with Crippen molar-refractivity contribution >= 4 is 21.8 Å². The minimum atomic E-state index is -3.54. The molecule has 0 N–H and O–H groups in total. The van der Waals surface area contributed by atoms with Gasteiger partial charge >= 0.3 is 0 Å². The Morgan fingerprint density at radius 2 is 1.80 bits per heavy atom. The van der Waals surface area contributed by atoms with Gasteiger partial charge in [0.2, 0.25) is 15.9 Å². The van der Waals surface area contributed by atoms with E-state index in [2.05, 4.69) is 10.2 Å². The highest BCUT2D eigenvalue weighted by molar-refractivity contribution is 7.99. The van der Waals surface area contributed by atoms with Gasteiger partial charge in [0.05, 0.1) is 4.90 Å². The second-order valence-corrected chi connectivity index (χ2v) is 10.4. The van der Waals surface area contributed by atoms with E-state index in [1.807, 2.05) is 6.92 Å². The first-order valence-electron chi connectivity index (χ1n) is 9.80. The van der Waals surface area contributed by atoms with Gasteiger partial charge in [0.1, 0.15) is 5.82 Å². The van der Waals surface area contributed by atoms with Crippen molar-refractivity contribution in [2.24, 2.45) is 0 Å². The molecule has 2 aromatic carbocycles. The monoisotopic (exact) mass is 447 g/mol. The lowest BCUT2D eigenvalue weighted by Crippen LogP contribution is -2.35. The highest BCUT2D eigenvalue weighted by atomic mass is 32.2. The lowest BCUT2D eigenvalue weighted by molar-refractivity contribution is 0.346. The molecule has 0 saturated carbocycles. The molecule has 0 amide bonds. The summed E-state index contributed by atoms with van der Waals surface area (Å²) in [5.74, 6) is -0.0186. The first-order valence-corrected chi connectivity index (χ1v) is 12.1. The second-order valence-electron chi connectivity index (χ2n) is 7.18. The van der Waals surface area contributed by atoms with Crippen molar-refractivity contribution in [3.8, 4) is 11.5 Å². The van der Waals surface area contributed by atoms with Crippen LogP contribution < -0.4 is 0 Å². The SMILES string of the molecule is CC(Sc1nnc(-c2cccc(S(=O)(=O)N3CCCCC3)c2)o1)c1ccc(F)cc1. The number of rotatable bonds is 6. The molecule has 4 rings (SSSR count). The Labute approximate surface area is 179 Å². The fourth-order valence-electron chi connectivity index (χ4n) is 3.37. The maximum absolute atomic E-state index is 13.1. The molecule has 158 valence electrons. The van der Waals surface area contributed by atoms with Crippen molar-refractivity contribution in [2.45, 2.75) is 41.6 Å². The van der Waals surface area contributed by atoms with Crippen molar-refractivity contribution in [1.82, 2.24) is 14.5 Å². The Kier molecular flexibility index (Phi) is 6.21. The molecule has 30 heavy (non-hydrogen) atoms. The molecule has 0 radical (unpaired) electrons. The highest BCUT2D eigenvalue weighted by Crippen LogP contribution is 2.35. The predicted octanol–water partition coefficient (Wildman–Crippen LogP) is 4.90. The average Bonchev–Trinajstić information content (AvgIpc) is 3.23. The van der Waals surface area contributed by atoms with Crippen LogP contribution in [-0.2, 0) is 10.0 Å². The second kappa shape index (κ2) is 8.87. The molecule has 1 aliphatic heterocycles. The van der Waals surface area contributed by atoms with Crippen molar-refractivity contribution in [2.75, 3.05) is 13.1 Å². The Bertz CT molecular complexity index is 1110. The van der Waals surface area contributed by atoms with E-state index in [9.17, 15) is 12.8 Å². The van der Waals surface area contributed by atoms with Gasteiger partial charge in [-0.05, 0) is 55.7 Å². The van der Waals surface area contributed by atoms with Gasteiger partial charge in [-0.15, -0.1) is 10.2 Å². The summed E-state index contributed by atoms with van der Waals surface area (Å²) in [5.41, 5.74) is 1.50. The third-order valence-electron chi connectivity index (χ3n) is 5.06. The molecule has 2 heterocycles. The van der Waals surface area contributed by atoms with E-state index < -0.39 is 10.0 Å². The Hall–Kier alpha value is -2.23. The Balaban J connectivity index is 1.52. The number of benzene rings is 2. The van der Waals surface area contributed by atoms with Crippen molar-refractivity contribution in [3.05, 3.63) is 59.9 Å². The van der Waals surface area contributed by atoms with Crippen LogP contribution >= 0.6 is 11.8 Å². The van der Waals surface area contributed by atoms with Crippen LogP contribution in [0.15, 0.2) is 63.1 Å². The number of nitrogens with zero attached hydrogens (tertiary/aromatic N) is 3. The molecule has 9 heteroatoms. The lowest BCUT2D eigenvalue weighted by Gasteiger charge is -2.25. The van der Waals surface area contributed by atoms with Crippen molar-refractivity contribution in [1.29, 1.82) is 0 Å². The number of hydrogen-bond donors (Lipinski definition) is 0. The Morgan fingerprint density at radius 1 is 1.07 bits per heavy atom. The molecule has 1 fully saturated rings. The van der Waals surface area contributed by atoms with Gasteiger partial charge in [-0.1, -0.05) is 36.4 Å². The fourth-order valence-corrected chi connectivity index (χ4v) is 5.75. The average molecular weight is 448 g/mol. The fraction of sp³-hybridized carbons (Fsp3) is 0.333. The van der Waals surface area contributed by atoms with Crippen molar-refractivity contribution in [3.63, 3.8) is 0 Å². The third-order valence-corrected chi connectivity index (χ3v) is 7.94. The zero-order valence-electron chi connectivity index (χ0n) is 16.5. The number of sulfonamides is 1. The zero-order chi connectivity index (χ0) is 21.1. The van der Waals surface area contributed by atoms with Crippen LogP contribution in [0.25, 0.3) is 11.5 Å². The first-order chi connectivity index (χ1) is 14.4. The molecule has 1 unspecified atom stereocenters. The minimum Gasteiger partial charge on any atom is -0.411 e. The summed E-state index contributed by atoms with van der Waals surface area (Å²) in [6.45, 7) is 3.07. The van der Waals surface area contributed by atoms with Crippen LogP contribution in [0.1, 0.15) is 37.0 Å². The standard InChI is InChI=1S/C21H22FN3O3S2/c1-15(16-8-10-18(22)11-9-16)29-21-24-23-20(28-21)17-6-5-7-19(14-17)30(26,27)25-12-3-2-4-13-25/h5-11,14-15H,2-4,12-13H2,1H3. The van der Waals surface area contributed by atoms with Gasteiger partial charge in [-0.2, -0.15) is 4.31 Å².